The van der Waals surface area contributed by atoms with Gasteiger partial charge in [-0.05, 0) is 107 Å². The molecule has 0 aromatic heterocycles. The number of rotatable bonds is 4. The summed E-state index contributed by atoms with van der Waals surface area (Å²) in [5, 5.41) is 10.5. The lowest BCUT2D eigenvalue weighted by atomic mass is 9.93. The van der Waals surface area contributed by atoms with Crippen molar-refractivity contribution in [3.8, 4) is 51.3 Å². The van der Waals surface area contributed by atoms with Gasteiger partial charge in [-0.3, -0.25) is 0 Å². The van der Waals surface area contributed by atoms with Crippen molar-refractivity contribution in [3.63, 3.8) is 0 Å². The molecule has 0 aliphatic carbocycles. The monoisotopic (exact) mass is 642 g/mol. The van der Waals surface area contributed by atoms with Crippen LogP contribution in [0.25, 0.3) is 27.1 Å². The highest BCUT2D eigenvalue weighted by atomic mass is 16.5. The van der Waals surface area contributed by atoms with Crippen molar-refractivity contribution >= 4 is 39.8 Å². The van der Waals surface area contributed by atoms with Crippen LogP contribution < -0.4 is 19.3 Å². The van der Waals surface area contributed by atoms with Crippen LogP contribution in [0.1, 0.15) is 5.56 Å². The number of para-hydroxylation sites is 8. The molecule has 6 heteroatoms. The third-order valence-electron chi connectivity index (χ3n) is 9.07. The lowest BCUT2D eigenvalue weighted by Gasteiger charge is -2.33. The number of fused-ring (bicyclic) bond motifs is 4. The van der Waals surface area contributed by atoms with Gasteiger partial charge in [0, 0.05) is 11.4 Å². The first-order valence-corrected chi connectivity index (χ1v) is 16.2. The minimum Gasteiger partial charge on any atom is -0.453 e. The highest BCUT2D eigenvalue weighted by Crippen LogP contribution is 2.52. The van der Waals surface area contributed by atoms with E-state index >= 15 is 0 Å². The van der Waals surface area contributed by atoms with Crippen molar-refractivity contribution < 1.29 is 9.47 Å². The molecule has 0 radical (unpaired) electrons. The summed E-state index contributed by atoms with van der Waals surface area (Å²) in [5.41, 5.74) is 9.56. The van der Waals surface area contributed by atoms with Crippen LogP contribution in [-0.2, 0) is 0 Å². The maximum Gasteiger partial charge on any atom is 0.195 e. The van der Waals surface area contributed by atoms with Gasteiger partial charge in [0.15, 0.2) is 28.7 Å². The summed E-state index contributed by atoms with van der Waals surface area (Å²) in [6.45, 7) is 8.22. The van der Waals surface area contributed by atoms with E-state index in [9.17, 15) is 5.26 Å². The first kappa shape index (κ1) is 28.9. The first-order valence-electron chi connectivity index (χ1n) is 16.2. The summed E-state index contributed by atoms with van der Waals surface area (Å²) in [7, 11) is 0. The van der Waals surface area contributed by atoms with Gasteiger partial charge in [-0.1, -0.05) is 72.8 Å². The Balaban J connectivity index is 1.14. The van der Waals surface area contributed by atoms with Crippen molar-refractivity contribution in [3.05, 3.63) is 175 Å². The third kappa shape index (κ3) is 4.72. The average Bonchev–Trinajstić information content (AvgIpc) is 3.18. The normalized spacial score (nSPS) is 12.2. The number of benzene rings is 7. The van der Waals surface area contributed by atoms with Crippen molar-refractivity contribution in [2.45, 2.75) is 0 Å². The number of hydrogen-bond acceptors (Lipinski definition) is 5. The van der Waals surface area contributed by atoms with Gasteiger partial charge in [-0.25, -0.2) is 4.85 Å². The maximum atomic E-state index is 10.5. The molecule has 9 rings (SSSR count). The fraction of sp³-hybridized carbons (Fsp3) is 0. The Kier molecular flexibility index (Phi) is 6.79. The molecule has 0 bridgehead atoms. The molecule has 0 unspecified atom stereocenters. The van der Waals surface area contributed by atoms with E-state index in [2.05, 4.69) is 32.8 Å². The smallest absolute Gasteiger partial charge is 0.195 e. The van der Waals surface area contributed by atoms with Gasteiger partial charge in [0.05, 0.1) is 41.0 Å². The molecule has 234 valence electrons. The van der Waals surface area contributed by atoms with Crippen molar-refractivity contribution in [1.29, 1.82) is 5.26 Å². The number of hydrogen-bond donors (Lipinski definition) is 0. The van der Waals surface area contributed by atoms with Crippen LogP contribution in [0, 0.1) is 17.9 Å². The van der Waals surface area contributed by atoms with Gasteiger partial charge in [-0.15, -0.1) is 0 Å². The molecule has 2 aliphatic heterocycles. The Morgan fingerprint density at radius 2 is 0.900 bits per heavy atom. The lowest BCUT2D eigenvalue weighted by molar-refractivity contribution is 0.477. The summed E-state index contributed by atoms with van der Waals surface area (Å²) in [4.78, 5) is 8.31. The van der Waals surface area contributed by atoms with E-state index in [1.165, 1.54) is 0 Å². The summed E-state index contributed by atoms with van der Waals surface area (Å²) in [6, 6.07) is 54.1. The zero-order valence-electron chi connectivity index (χ0n) is 26.6. The quantitative estimate of drug-likeness (QED) is 0.179. The maximum absolute atomic E-state index is 10.5. The molecule has 50 heavy (non-hydrogen) atoms. The Bertz CT molecular complexity index is 2290. The second-order valence-corrected chi connectivity index (χ2v) is 12.0. The molecule has 0 spiro atoms. The summed E-state index contributed by atoms with van der Waals surface area (Å²) in [6.07, 6.45) is 0. The van der Waals surface area contributed by atoms with E-state index in [4.69, 9.17) is 16.0 Å². The van der Waals surface area contributed by atoms with E-state index in [0.717, 1.165) is 68.2 Å². The number of anilines is 6. The summed E-state index contributed by atoms with van der Waals surface area (Å²) in [5.74, 6) is 3.06. The van der Waals surface area contributed by atoms with E-state index in [1.807, 2.05) is 146 Å². The molecule has 0 amide bonds. The standard InChI is InChI=1S/C44H26N4O2/c1-46-36-27-34(29-12-10-14-32(24-29)47-37-16-2-6-20-41(37)49-42-21-7-3-17-38(42)47)31(28-45)26-35(36)30-13-11-15-33(25-30)48-39-18-4-8-22-43(39)50-44-23-9-5-19-40(44)48/h2-27H. The Hall–Kier alpha value is -7.28. The molecule has 0 atom stereocenters. The van der Waals surface area contributed by atoms with Gasteiger partial charge in [0.1, 0.15) is 0 Å². The Morgan fingerprint density at radius 3 is 1.32 bits per heavy atom. The SMILES string of the molecule is [C-]#[N+]c1cc(-c2cccc(N3c4ccccc4Oc4ccccc43)c2)c(C#N)cc1-c1cccc(N2c3ccccc3Oc3ccccc32)c1. The molecular weight excluding hydrogens is 617 g/mol. The minimum absolute atomic E-state index is 0.464. The molecule has 7 aromatic carbocycles. The van der Waals surface area contributed by atoms with Gasteiger partial charge in [0.25, 0.3) is 0 Å². The van der Waals surface area contributed by atoms with Gasteiger partial charge in [-0.2, -0.15) is 5.26 Å². The van der Waals surface area contributed by atoms with Crippen LogP contribution in [0.4, 0.5) is 39.8 Å². The van der Waals surface area contributed by atoms with Crippen molar-refractivity contribution in [2.24, 2.45) is 0 Å². The molecule has 0 fully saturated rings. The Labute approximate surface area is 289 Å². The number of ether oxygens (including phenoxy) is 2. The predicted octanol–water partition coefficient (Wildman–Crippen LogP) is 12.6. The first-order chi connectivity index (χ1) is 24.7. The molecule has 7 aromatic rings. The van der Waals surface area contributed by atoms with Crippen molar-refractivity contribution in [2.75, 3.05) is 9.80 Å². The van der Waals surface area contributed by atoms with E-state index in [1.54, 1.807) is 0 Å². The molecular formula is C44H26N4O2. The van der Waals surface area contributed by atoms with Gasteiger partial charge in [0.2, 0.25) is 0 Å². The van der Waals surface area contributed by atoms with Crippen LogP contribution in [0.3, 0.4) is 0 Å². The lowest BCUT2D eigenvalue weighted by Crippen LogP contribution is -2.15. The zero-order chi connectivity index (χ0) is 33.6. The molecule has 2 aliphatic rings. The largest absolute Gasteiger partial charge is 0.453 e. The summed E-state index contributed by atoms with van der Waals surface area (Å²) >= 11 is 0. The van der Waals surface area contributed by atoms with Crippen LogP contribution in [0.15, 0.2) is 158 Å². The topological polar surface area (TPSA) is 53.1 Å². The van der Waals surface area contributed by atoms with E-state index < -0.39 is 0 Å². The molecule has 6 nitrogen and oxygen atoms in total. The second kappa shape index (κ2) is 11.8. The molecule has 0 saturated heterocycles. The van der Waals surface area contributed by atoms with E-state index in [0.29, 0.717) is 22.4 Å². The Morgan fingerprint density at radius 1 is 0.480 bits per heavy atom. The fourth-order valence-electron chi connectivity index (χ4n) is 6.83. The molecule has 0 saturated carbocycles. The second-order valence-electron chi connectivity index (χ2n) is 12.0. The van der Waals surface area contributed by atoms with Crippen molar-refractivity contribution in [1.82, 2.24) is 0 Å². The highest BCUT2D eigenvalue weighted by Gasteiger charge is 2.27. The highest BCUT2D eigenvalue weighted by molar-refractivity contribution is 5.92. The molecule has 2 heterocycles. The minimum atomic E-state index is 0.464. The fourth-order valence-corrected chi connectivity index (χ4v) is 6.83. The van der Waals surface area contributed by atoms with Crippen LogP contribution in [0.2, 0.25) is 0 Å². The van der Waals surface area contributed by atoms with Crippen LogP contribution in [0.5, 0.6) is 23.0 Å². The zero-order valence-corrected chi connectivity index (χ0v) is 26.6. The number of nitrogens with zero attached hydrogens (tertiary/aromatic N) is 4. The van der Waals surface area contributed by atoms with E-state index in [-0.39, 0.29) is 0 Å². The van der Waals surface area contributed by atoms with Crippen LogP contribution in [-0.4, -0.2) is 0 Å². The summed E-state index contributed by atoms with van der Waals surface area (Å²) < 4.78 is 12.4. The third-order valence-corrected chi connectivity index (χ3v) is 9.07. The average molecular weight is 643 g/mol. The molecule has 0 N–H and O–H groups in total. The van der Waals surface area contributed by atoms with Gasteiger partial charge < -0.3 is 19.3 Å². The van der Waals surface area contributed by atoms with Crippen LogP contribution >= 0.6 is 0 Å². The predicted molar refractivity (Wildman–Crippen MR) is 198 cm³/mol. The van der Waals surface area contributed by atoms with Gasteiger partial charge >= 0.3 is 0 Å². The number of nitriles is 1.